The number of amides is 1. The predicted octanol–water partition coefficient (Wildman–Crippen LogP) is 5.07. The van der Waals surface area contributed by atoms with E-state index in [9.17, 15) is 14.4 Å². The molecule has 7 nitrogen and oxygen atoms in total. The molecular weight excluding hydrogens is 474 g/mol. The Bertz CT molecular complexity index is 1480. The quantitative estimate of drug-likeness (QED) is 0.373. The molecule has 1 aliphatic rings. The molecular formula is C28H25N3O4S. The summed E-state index contributed by atoms with van der Waals surface area (Å²) in [7, 11) is 0. The van der Waals surface area contributed by atoms with Crippen LogP contribution in [0, 0.1) is 0 Å². The van der Waals surface area contributed by atoms with E-state index < -0.39 is 18.5 Å². The van der Waals surface area contributed by atoms with Crippen LogP contribution in [0.3, 0.4) is 0 Å². The Morgan fingerprint density at radius 3 is 2.64 bits per heavy atom. The van der Waals surface area contributed by atoms with Gasteiger partial charge in [0.15, 0.2) is 6.61 Å². The van der Waals surface area contributed by atoms with Crippen LogP contribution in [0.4, 0.5) is 5.69 Å². The smallest absolute Gasteiger partial charge is 0.338 e. The van der Waals surface area contributed by atoms with Crippen molar-refractivity contribution < 1.29 is 14.3 Å². The van der Waals surface area contributed by atoms with Crippen molar-refractivity contribution in [2.75, 3.05) is 11.9 Å². The summed E-state index contributed by atoms with van der Waals surface area (Å²) in [5.74, 6) is -0.329. The first-order valence-corrected chi connectivity index (χ1v) is 12.7. The number of nitrogens with zero attached hydrogens (tertiary/aromatic N) is 2. The zero-order valence-corrected chi connectivity index (χ0v) is 20.4. The average Bonchev–Trinajstić information content (AvgIpc) is 3.14. The van der Waals surface area contributed by atoms with Crippen molar-refractivity contribution in [3.63, 3.8) is 0 Å². The maximum Gasteiger partial charge on any atom is 0.338 e. The number of carbonyl (C=O) groups is 2. The second-order valence-electron chi connectivity index (χ2n) is 8.56. The Balaban J connectivity index is 1.26. The number of para-hydroxylation sites is 1. The highest BCUT2D eigenvalue weighted by molar-refractivity contribution is 7.99. The van der Waals surface area contributed by atoms with Gasteiger partial charge in [-0.1, -0.05) is 48.5 Å². The summed E-state index contributed by atoms with van der Waals surface area (Å²) in [6.07, 6.45) is 3.75. The third-order valence-corrected chi connectivity index (χ3v) is 7.10. The number of hydrogen-bond acceptors (Lipinski definition) is 6. The normalized spacial score (nSPS) is 13.0. The molecule has 36 heavy (non-hydrogen) atoms. The van der Waals surface area contributed by atoms with Gasteiger partial charge in [0.05, 0.1) is 22.2 Å². The average molecular weight is 500 g/mol. The van der Waals surface area contributed by atoms with E-state index in [0.717, 1.165) is 41.3 Å². The number of fused-ring (bicyclic) bond motifs is 2. The molecule has 0 unspecified atom stereocenters. The SMILES string of the molecule is O=C(COC(=O)c1ccc2c(=O)n3c(nc2c1)CCCCC3)Nc1ccccc1Sc1ccccc1. The molecule has 182 valence electrons. The number of rotatable bonds is 6. The molecule has 0 atom stereocenters. The first kappa shape index (κ1) is 23.8. The van der Waals surface area contributed by atoms with Gasteiger partial charge < -0.3 is 10.1 Å². The lowest BCUT2D eigenvalue weighted by Gasteiger charge is -2.12. The minimum Gasteiger partial charge on any atom is -0.452 e. The summed E-state index contributed by atoms with van der Waals surface area (Å²) in [6.45, 7) is 0.241. The molecule has 1 amide bonds. The lowest BCUT2D eigenvalue weighted by molar-refractivity contribution is -0.119. The van der Waals surface area contributed by atoms with Crippen molar-refractivity contribution in [1.29, 1.82) is 0 Å². The Hall–Kier alpha value is -3.91. The molecule has 1 aromatic heterocycles. The van der Waals surface area contributed by atoms with Crippen molar-refractivity contribution in [2.45, 2.75) is 42.0 Å². The van der Waals surface area contributed by atoms with E-state index in [-0.39, 0.29) is 11.1 Å². The van der Waals surface area contributed by atoms with Crippen LogP contribution in [0.1, 0.15) is 35.4 Å². The van der Waals surface area contributed by atoms with Crippen molar-refractivity contribution in [3.05, 3.63) is 94.5 Å². The summed E-state index contributed by atoms with van der Waals surface area (Å²) >= 11 is 1.53. The Morgan fingerprint density at radius 1 is 0.972 bits per heavy atom. The minimum atomic E-state index is -0.643. The monoisotopic (exact) mass is 499 g/mol. The Morgan fingerprint density at radius 2 is 1.78 bits per heavy atom. The highest BCUT2D eigenvalue weighted by atomic mass is 32.2. The molecule has 0 saturated carbocycles. The van der Waals surface area contributed by atoms with E-state index in [4.69, 9.17) is 4.74 Å². The molecule has 3 aromatic carbocycles. The molecule has 2 heterocycles. The standard InChI is InChI=1S/C28H25N3O4S/c32-26(30-22-11-6-7-12-24(22)36-20-9-3-1-4-10-20)18-35-28(34)19-14-15-21-23(17-19)29-25-13-5-2-8-16-31(25)27(21)33/h1,3-4,6-7,9-12,14-15,17H,2,5,8,13,16,18H2,(H,30,32). The fourth-order valence-corrected chi connectivity index (χ4v) is 5.14. The maximum atomic E-state index is 12.9. The molecule has 1 aliphatic heterocycles. The molecule has 0 spiro atoms. The fraction of sp³-hybridized carbons (Fsp3) is 0.214. The molecule has 0 radical (unpaired) electrons. The summed E-state index contributed by atoms with van der Waals surface area (Å²) in [6, 6.07) is 22.0. The van der Waals surface area contributed by atoms with Crippen molar-refractivity contribution in [2.24, 2.45) is 0 Å². The van der Waals surface area contributed by atoms with Crippen molar-refractivity contribution >= 4 is 40.2 Å². The zero-order chi connectivity index (χ0) is 24.9. The van der Waals surface area contributed by atoms with Gasteiger partial charge in [0, 0.05) is 22.8 Å². The van der Waals surface area contributed by atoms with Gasteiger partial charge in [-0.05, 0) is 55.3 Å². The summed E-state index contributed by atoms with van der Waals surface area (Å²) in [4.78, 5) is 44.7. The second-order valence-corrected chi connectivity index (χ2v) is 9.68. The molecule has 4 aromatic rings. The van der Waals surface area contributed by atoms with E-state index in [1.54, 1.807) is 28.8 Å². The molecule has 0 fully saturated rings. The predicted molar refractivity (Wildman–Crippen MR) is 139 cm³/mol. The Labute approximate surface area is 212 Å². The van der Waals surface area contributed by atoms with Gasteiger partial charge in [-0.25, -0.2) is 9.78 Å². The maximum absolute atomic E-state index is 12.9. The van der Waals surface area contributed by atoms with E-state index in [1.807, 2.05) is 48.5 Å². The van der Waals surface area contributed by atoms with Crippen LogP contribution in [0.25, 0.3) is 10.9 Å². The zero-order valence-electron chi connectivity index (χ0n) is 19.6. The van der Waals surface area contributed by atoms with Crippen LogP contribution in [0.2, 0.25) is 0 Å². The van der Waals surface area contributed by atoms with Crippen molar-refractivity contribution in [3.8, 4) is 0 Å². The number of aryl methyl sites for hydroxylation is 1. The largest absolute Gasteiger partial charge is 0.452 e. The van der Waals surface area contributed by atoms with Crippen LogP contribution in [-0.4, -0.2) is 28.0 Å². The topological polar surface area (TPSA) is 90.3 Å². The molecule has 5 rings (SSSR count). The molecule has 0 aliphatic carbocycles. The number of nitrogens with one attached hydrogen (secondary N) is 1. The third-order valence-electron chi connectivity index (χ3n) is 6.02. The third kappa shape index (κ3) is 5.33. The first-order valence-electron chi connectivity index (χ1n) is 11.9. The number of esters is 1. The van der Waals surface area contributed by atoms with Crippen LogP contribution in [0.5, 0.6) is 0 Å². The lowest BCUT2D eigenvalue weighted by Crippen LogP contribution is -2.25. The van der Waals surface area contributed by atoms with Crippen molar-refractivity contribution in [1.82, 2.24) is 9.55 Å². The minimum absolute atomic E-state index is 0.0803. The summed E-state index contributed by atoms with van der Waals surface area (Å²) in [5, 5.41) is 3.30. The number of anilines is 1. The first-order chi connectivity index (χ1) is 17.6. The van der Waals surface area contributed by atoms with Gasteiger partial charge in [0.25, 0.3) is 11.5 Å². The van der Waals surface area contributed by atoms with Gasteiger partial charge in [0.2, 0.25) is 0 Å². The van der Waals surface area contributed by atoms with E-state index in [0.29, 0.717) is 23.1 Å². The molecule has 1 N–H and O–H groups in total. The molecule has 0 saturated heterocycles. The van der Waals surface area contributed by atoms with Gasteiger partial charge >= 0.3 is 5.97 Å². The van der Waals surface area contributed by atoms with Crippen LogP contribution in [-0.2, 0) is 22.5 Å². The fourth-order valence-electron chi connectivity index (χ4n) is 4.22. The second kappa shape index (κ2) is 10.8. The Kier molecular flexibility index (Phi) is 7.13. The van der Waals surface area contributed by atoms with Crippen LogP contribution >= 0.6 is 11.8 Å². The number of carbonyl (C=O) groups excluding carboxylic acids is 2. The van der Waals surface area contributed by atoms with E-state index in [1.165, 1.54) is 11.8 Å². The number of benzene rings is 3. The van der Waals surface area contributed by atoms with Gasteiger partial charge in [0.1, 0.15) is 5.82 Å². The number of ether oxygens (including phenoxy) is 1. The molecule has 0 bridgehead atoms. The number of aromatic nitrogens is 2. The highest BCUT2D eigenvalue weighted by Gasteiger charge is 2.17. The number of hydrogen-bond donors (Lipinski definition) is 1. The summed E-state index contributed by atoms with van der Waals surface area (Å²) < 4.78 is 7.00. The van der Waals surface area contributed by atoms with Gasteiger partial charge in [-0.15, -0.1) is 0 Å². The lowest BCUT2D eigenvalue weighted by atomic mass is 10.1. The summed E-state index contributed by atoms with van der Waals surface area (Å²) in [5.41, 5.74) is 1.28. The highest BCUT2D eigenvalue weighted by Crippen LogP contribution is 2.33. The van der Waals surface area contributed by atoms with Gasteiger partial charge in [-0.2, -0.15) is 0 Å². The van der Waals surface area contributed by atoms with Crippen LogP contribution < -0.4 is 10.9 Å². The van der Waals surface area contributed by atoms with Gasteiger partial charge in [-0.3, -0.25) is 14.2 Å². The molecule has 8 heteroatoms. The van der Waals surface area contributed by atoms with E-state index in [2.05, 4.69) is 10.3 Å². The van der Waals surface area contributed by atoms with Crippen LogP contribution in [0.15, 0.2) is 87.4 Å². The van der Waals surface area contributed by atoms with E-state index >= 15 is 0 Å².